The van der Waals surface area contributed by atoms with Gasteiger partial charge in [-0.15, -0.1) is 0 Å². The number of carbonyl (C=O) groups is 5. The molecule has 0 aromatic heterocycles. The lowest BCUT2D eigenvalue weighted by molar-refractivity contribution is -0.144. The maximum absolute atomic E-state index is 13.5. The molecule has 2 saturated heterocycles. The summed E-state index contributed by atoms with van der Waals surface area (Å²) in [7, 11) is 0. The summed E-state index contributed by atoms with van der Waals surface area (Å²) in [6.07, 6.45) is 1.24. The van der Waals surface area contributed by atoms with Crippen molar-refractivity contribution >= 4 is 29.7 Å². The number of nitrogens with zero attached hydrogens (tertiary/aromatic N) is 1. The summed E-state index contributed by atoms with van der Waals surface area (Å²) in [6.45, 7) is 9.66. The largest absolute Gasteiger partial charge is 0.465 e. The third-order valence-corrected chi connectivity index (χ3v) is 8.57. The van der Waals surface area contributed by atoms with Crippen molar-refractivity contribution in [2.45, 2.75) is 84.0 Å². The normalized spacial score (nSPS) is 31.2. The highest BCUT2D eigenvalue weighted by Gasteiger charge is 2.70. The number of rotatable bonds is 7. The minimum Gasteiger partial charge on any atom is -0.465 e. The summed E-state index contributed by atoms with van der Waals surface area (Å²) in [6, 6.07) is -2.93. The van der Waals surface area contributed by atoms with Gasteiger partial charge in [-0.25, -0.2) is 4.79 Å². The number of likely N-dealkylation sites (tertiary alicyclic amines) is 1. The van der Waals surface area contributed by atoms with Crippen LogP contribution in [0.25, 0.3) is 0 Å². The third kappa shape index (κ3) is 4.56. The van der Waals surface area contributed by atoms with E-state index in [9.17, 15) is 29.1 Å². The van der Waals surface area contributed by atoms with Crippen LogP contribution in [0.15, 0.2) is 0 Å². The Hall–Kier alpha value is -2.85. The fourth-order valence-electron chi connectivity index (χ4n) is 6.19. The first-order chi connectivity index (χ1) is 16.1. The zero-order chi connectivity index (χ0) is 26.1. The van der Waals surface area contributed by atoms with Crippen LogP contribution in [0.3, 0.4) is 0 Å². The van der Waals surface area contributed by atoms with Crippen molar-refractivity contribution in [1.29, 1.82) is 0 Å². The molecule has 35 heavy (non-hydrogen) atoms. The topological polar surface area (TPSA) is 171 Å². The predicted octanol–water partition coefficient (Wildman–Crippen LogP) is 0.181. The highest BCUT2D eigenvalue weighted by Crippen LogP contribution is 2.65. The number of hydrogen-bond acceptors (Lipinski definition) is 5. The van der Waals surface area contributed by atoms with Gasteiger partial charge >= 0.3 is 6.09 Å². The number of carbonyl (C=O) groups excluding carboxylic acids is 4. The second-order valence-electron chi connectivity index (χ2n) is 12.5. The van der Waals surface area contributed by atoms with E-state index in [4.69, 9.17) is 5.73 Å². The van der Waals surface area contributed by atoms with E-state index in [1.165, 1.54) is 4.90 Å². The van der Waals surface area contributed by atoms with Gasteiger partial charge in [0.05, 0.1) is 0 Å². The van der Waals surface area contributed by atoms with Crippen LogP contribution >= 0.6 is 0 Å². The maximum atomic E-state index is 13.5. The van der Waals surface area contributed by atoms with Crippen molar-refractivity contribution in [3.05, 3.63) is 0 Å². The van der Waals surface area contributed by atoms with Gasteiger partial charge in [-0.05, 0) is 48.3 Å². The Kier molecular flexibility index (Phi) is 5.84. The van der Waals surface area contributed by atoms with Gasteiger partial charge in [-0.1, -0.05) is 34.6 Å². The molecule has 0 unspecified atom stereocenters. The zero-order valence-corrected chi connectivity index (χ0v) is 21.0. The lowest BCUT2D eigenvalue weighted by Crippen LogP contribution is -2.60. The number of primary amides is 1. The van der Waals surface area contributed by atoms with Crippen molar-refractivity contribution < 1.29 is 29.1 Å². The molecular weight excluding hydrogens is 454 g/mol. The first-order valence-electron chi connectivity index (χ1n) is 12.3. The molecule has 0 aromatic rings. The second kappa shape index (κ2) is 8.09. The Morgan fingerprint density at radius 2 is 1.83 bits per heavy atom. The number of nitrogens with two attached hydrogens (primary N) is 1. The SMILES string of the molecule is CC(C)(C)[C@H](NC(=O)O)C(=O)N1C[C@H]2[C@@H]([C@H]1C(=O)N[C@@H](C[C@@H]1CC3(CC3)NC1=O)C(N)=O)C2(C)C. The number of piperidine rings is 1. The van der Waals surface area contributed by atoms with Crippen molar-refractivity contribution in [3.8, 4) is 0 Å². The molecule has 6 atom stereocenters. The number of hydrogen-bond donors (Lipinski definition) is 5. The summed E-state index contributed by atoms with van der Waals surface area (Å²) in [4.78, 5) is 64.5. The van der Waals surface area contributed by atoms with Crippen LogP contribution in [0.1, 0.15) is 60.3 Å². The van der Waals surface area contributed by atoms with Gasteiger partial charge in [0.15, 0.2) is 0 Å². The number of nitrogens with one attached hydrogen (secondary N) is 3. The molecule has 6 N–H and O–H groups in total. The van der Waals surface area contributed by atoms with Gasteiger partial charge in [0.25, 0.3) is 0 Å². The minimum atomic E-state index is -1.32. The highest BCUT2D eigenvalue weighted by molar-refractivity contribution is 5.95. The lowest BCUT2D eigenvalue weighted by Gasteiger charge is -2.37. The van der Waals surface area contributed by atoms with Gasteiger partial charge in [0, 0.05) is 18.0 Å². The average molecular weight is 492 g/mol. The van der Waals surface area contributed by atoms with E-state index in [1.807, 2.05) is 13.8 Å². The Bertz CT molecular complexity index is 968. The van der Waals surface area contributed by atoms with E-state index < -0.39 is 53.3 Å². The number of fused-ring (bicyclic) bond motifs is 1. The first kappa shape index (κ1) is 25.2. The smallest absolute Gasteiger partial charge is 0.405 e. The molecule has 4 aliphatic rings. The van der Waals surface area contributed by atoms with Crippen LogP contribution in [0.4, 0.5) is 4.79 Å². The minimum absolute atomic E-state index is 0.0926. The van der Waals surface area contributed by atoms with Crippen molar-refractivity contribution in [2.24, 2.45) is 34.3 Å². The number of amides is 5. The summed E-state index contributed by atoms with van der Waals surface area (Å²) >= 11 is 0. The van der Waals surface area contributed by atoms with Crippen LogP contribution in [-0.2, 0) is 19.2 Å². The molecule has 11 nitrogen and oxygen atoms in total. The van der Waals surface area contributed by atoms with Crippen LogP contribution in [0.5, 0.6) is 0 Å². The maximum Gasteiger partial charge on any atom is 0.405 e. The van der Waals surface area contributed by atoms with E-state index in [0.717, 1.165) is 12.8 Å². The van der Waals surface area contributed by atoms with Crippen LogP contribution in [-0.4, -0.2) is 69.9 Å². The van der Waals surface area contributed by atoms with Crippen molar-refractivity contribution in [2.75, 3.05) is 6.54 Å². The van der Waals surface area contributed by atoms with Gasteiger partial charge in [-0.2, -0.15) is 0 Å². The fourth-order valence-corrected chi connectivity index (χ4v) is 6.19. The Balaban J connectivity index is 1.52. The van der Waals surface area contributed by atoms with Crippen LogP contribution < -0.4 is 21.7 Å². The summed E-state index contributed by atoms with van der Waals surface area (Å²) in [5, 5.41) is 17.3. The summed E-state index contributed by atoms with van der Waals surface area (Å²) in [5.41, 5.74) is 4.56. The zero-order valence-electron chi connectivity index (χ0n) is 21.0. The van der Waals surface area contributed by atoms with Crippen LogP contribution in [0.2, 0.25) is 0 Å². The monoisotopic (exact) mass is 491 g/mol. The summed E-state index contributed by atoms with van der Waals surface area (Å²) < 4.78 is 0. The van der Waals surface area contributed by atoms with Gasteiger partial charge < -0.3 is 31.7 Å². The standard InChI is InChI=1S/C24H37N5O6/c1-22(2,3)16(27-21(34)35)20(33)29-10-12-14(23(12,4)5)15(29)19(32)26-13(17(25)30)8-11-9-24(6-7-24)28-18(11)31/h11-16,27H,6-10H2,1-5H3,(H2,25,30)(H,26,32)(H,28,31)(H,34,35)/t11-,12+,13+,14+,15+,16-/m1/s1. The molecule has 5 amide bonds. The first-order valence-corrected chi connectivity index (χ1v) is 12.3. The molecule has 1 spiro atoms. The van der Waals surface area contributed by atoms with Crippen molar-refractivity contribution in [3.63, 3.8) is 0 Å². The summed E-state index contributed by atoms with van der Waals surface area (Å²) in [5.74, 6) is -2.26. The van der Waals surface area contributed by atoms with Gasteiger partial charge in [-0.3, -0.25) is 19.2 Å². The van der Waals surface area contributed by atoms with Gasteiger partial charge in [0.2, 0.25) is 23.6 Å². The third-order valence-electron chi connectivity index (χ3n) is 8.57. The fraction of sp³-hybridized carbons (Fsp3) is 0.792. The molecule has 11 heteroatoms. The molecule has 2 aliphatic carbocycles. The molecule has 0 aromatic carbocycles. The van der Waals surface area contributed by atoms with E-state index in [2.05, 4.69) is 16.0 Å². The van der Waals surface area contributed by atoms with E-state index in [1.54, 1.807) is 20.8 Å². The Morgan fingerprint density at radius 3 is 2.31 bits per heavy atom. The highest BCUT2D eigenvalue weighted by atomic mass is 16.4. The second-order valence-corrected chi connectivity index (χ2v) is 12.5. The van der Waals surface area contributed by atoms with E-state index >= 15 is 0 Å². The number of carboxylic acid groups (broad SMARTS) is 1. The van der Waals surface area contributed by atoms with Crippen LogP contribution in [0, 0.1) is 28.6 Å². The Morgan fingerprint density at radius 1 is 1.20 bits per heavy atom. The molecule has 2 aliphatic heterocycles. The molecule has 2 heterocycles. The van der Waals surface area contributed by atoms with E-state index in [0.29, 0.717) is 13.0 Å². The molecule has 0 radical (unpaired) electrons. The molecule has 0 bridgehead atoms. The van der Waals surface area contributed by atoms with Crippen molar-refractivity contribution in [1.82, 2.24) is 20.9 Å². The predicted molar refractivity (Wildman–Crippen MR) is 125 cm³/mol. The Labute approximate surface area is 204 Å². The average Bonchev–Trinajstić information content (AvgIpc) is 3.43. The molecular formula is C24H37N5O6. The molecule has 4 fully saturated rings. The molecule has 4 rings (SSSR count). The van der Waals surface area contributed by atoms with E-state index in [-0.39, 0.29) is 35.1 Å². The van der Waals surface area contributed by atoms with Gasteiger partial charge in [0.1, 0.15) is 18.1 Å². The quantitative estimate of drug-likeness (QED) is 0.340. The molecule has 194 valence electrons. The lowest BCUT2D eigenvalue weighted by atomic mass is 9.85. The molecule has 2 saturated carbocycles.